The van der Waals surface area contributed by atoms with E-state index in [9.17, 15) is 29.1 Å². The zero-order chi connectivity index (χ0) is 23.6. The molecule has 11 nitrogen and oxygen atoms in total. The summed E-state index contributed by atoms with van der Waals surface area (Å²) in [6.07, 6.45) is 0.142. The van der Waals surface area contributed by atoms with Gasteiger partial charge in [-0.2, -0.15) is 0 Å². The highest BCUT2D eigenvalue weighted by atomic mass is 16.4. The zero-order valence-corrected chi connectivity index (χ0v) is 18.2. The normalized spacial score (nSPS) is 16.0. The van der Waals surface area contributed by atoms with Crippen molar-refractivity contribution >= 4 is 29.6 Å². The average Bonchev–Trinajstić information content (AvgIpc) is 2.65. The van der Waals surface area contributed by atoms with Crippen LogP contribution < -0.4 is 27.4 Å². The molecule has 11 heteroatoms. The lowest BCUT2D eigenvalue weighted by Crippen LogP contribution is -2.59. The van der Waals surface area contributed by atoms with E-state index in [-0.39, 0.29) is 24.7 Å². The number of nitrogens with two attached hydrogens (primary N) is 2. The third-order valence-electron chi connectivity index (χ3n) is 4.75. The second kappa shape index (κ2) is 12.8. The van der Waals surface area contributed by atoms with Crippen LogP contribution in [0.3, 0.4) is 0 Å². The van der Waals surface area contributed by atoms with Crippen molar-refractivity contribution in [2.24, 2.45) is 23.3 Å². The molecule has 0 bridgehead atoms. The molecule has 0 heterocycles. The van der Waals surface area contributed by atoms with Gasteiger partial charge < -0.3 is 32.5 Å². The largest absolute Gasteiger partial charge is 0.480 e. The molecule has 30 heavy (non-hydrogen) atoms. The number of carboxylic acid groups (broad SMARTS) is 1. The molecular formula is C19H35N5O6. The molecule has 172 valence electrons. The van der Waals surface area contributed by atoms with Gasteiger partial charge in [0.1, 0.15) is 18.1 Å². The molecule has 0 saturated heterocycles. The third-order valence-corrected chi connectivity index (χ3v) is 4.75. The predicted octanol–water partition coefficient (Wildman–Crippen LogP) is -1.16. The summed E-state index contributed by atoms with van der Waals surface area (Å²) in [4.78, 5) is 59.8. The van der Waals surface area contributed by atoms with E-state index in [1.807, 2.05) is 6.92 Å². The molecule has 8 N–H and O–H groups in total. The van der Waals surface area contributed by atoms with Gasteiger partial charge in [-0.15, -0.1) is 0 Å². The van der Waals surface area contributed by atoms with Gasteiger partial charge in [0.2, 0.25) is 23.6 Å². The van der Waals surface area contributed by atoms with E-state index in [4.69, 9.17) is 11.5 Å². The molecule has 0 aliphatic rings. The van der Waals surface area contributed by atoms with E-state index in [1.54, 1.807) is 20.8 Å². The van der Waals surface area contributed by atoms with Gasteiger partial charge in [-0.3, -0.25) is 19.2 Å². The van der Waals surface area contributed by atoms with Gasteiger partial charge in [0.05, 0.1) is 6.04 Å². The van der Waals surface area contributed by atoms with E-state index in [1.165, 1.54) is 6.92 Å². The molecule has 0 aromatic heterocycles. The Morgan fingerprint density at radius 1 is 0.867 bits per heavy atom. The topological polar surface area (TPSA) is 194 Å². The lowest BCUT2D eigenvalue weighted by Gasteiger charge is -2.29. The van der Waals surface area contributed by atoms with Gasteiger partial charge in [0.15, 0.2) is 0 Å². The second-order valence-corrected chi connectivity index (χ2v) is 7.80. The summed E-state index contributed by atoms with van der Waals surface area (Å²) in [5.41, 5.74) is 10.6. The van der Waals surface area contributed by atoms with Crippen molar-refractivity contribution in [2.45, 2.75) is 78.0 Å². The van der Waals surface area contributed by atoms with Gasteiger partial charge in [-0.05, 0) is 25.2 Å². The minimum Gasteiger partial charge on any atom is -0.480 e. The van der Waals surface area contributed by atoms with E-state index in [0.29, 0.717) is 6.42 Å². The van der Waals surface area contributed by atoms with Crippen LogP contribution in [0.1, 0.15) is 53.9 Å². The highest BCUT2D eigenvalue weighted by Gasteiger charge is 2.33. The van der Waals surface area contributed by atoms with Crippen LogP contribution in [-0.4, -0.2) is 58.9 Å². The number of primary amides is 1. The molecule has 5 atom stereocenters. The van der Waals surface area contributed by atoms with Crippen molar-refractivity contribution < 1.29 is 29.1 Å². The Morgan fingerprint density at radius 3 is 1.77 bits per heavy atom. The number of carboxylic acids is 1. The first-order chi connectivity index (χ1) is 13.8. The Hall–Kier alpha value is -2.69. The Labute approximate surface area is 176 Å². The Morgan fingerprint density at radius 2 is 1.37 bits per heavy atom. The number of amides is 4. The lowest BCUT2D eigenvalue weighted by atomic mass is 9.96. The van der Waals surface area contributed by atoms with Gasteiger partial charge in [-0.1, -0.05) is 34.1 Å². The SMILES string of the molecule is CCC(C)C(NC(=O)C(NC(=O)C(C)N)C(C)C)C(=O)NC(CCC(N)=O)C(=O)O. The van der Waals surface area contributed by atoms with Crippen molar-refractivity contribution in [3.8, 4) is 0 Å². The minimum absolute atomic E-state index is 0.170. The number of nitrogens with one attached hydrogen (secondary N) is 3. The van der Waals surface area contributed by atoms with Crippen LogP contribution in [0.15, 0.2) is 0 Å². The number of rotatable bonds is 13. The molecule has 0 aromatic carbocycles. The van der Waals surface area contributed by atoms with Crippen molar-refractivity contribution in [1.29, 1.82) is 0 Å². The Kier molecular flexibility index (Phi) is 11.6. The maximum atomic E-state index is 12.8. The fourth-order valence-corrected chi connectivity index (χ4v) is 2.57. The number of hydrogen-bond acceptors (Lipinski definition) is 6. The Bertz CT molecular complexity index is 637. The number of carbonyl (C=O) groups is 5. The van der Waals surface area contributed by atoms with Gasteiger partial charge in [-0.25, -0.2) is 4.79 Å². The minimum atomic E-state index is -1.33. The maximum absolute atomic E-state index is 12.8. The zero-order valence-electron chi connectivity index (χ0n) is 18.2. The summed E-state index contributed by atoms with van der Waals surface area (Å²) in [6, 6.07) is -4.10. The van der Waals surface area contributed by atoms with Crippen molar-refractivity contribution in [3.05, 3.63) is 0 Å². The van der Waals surface area contributed by atoms with Crippen LogP contribution in [-0.2, 0) is 24.0 Å². The average molecular weight is 430 g/mol. The summed E-state index contributed by atoms with van der Waals surface area (Å²) in [7, 11) is 0. The summed E-state index contributed by atoms with van der Waals surface area (Å²) >= 11 is 0. The Balaban J connectivity index is 5.44. The van der Waals surface area contributed by atoms with Crippen LogP contribution in [0.25, 0.3) is 0 Å². The summed E-state index contributed by atoms with van der Waals surface area (Å²) in [5.74, 6) is -4.40. The van der Waals surface area contributed by atoms with E-state index in [0.717, 1.165) is 0 Å². The lowest BCUT2D eigenvalue weighted by molar-refractivity contribution is -0.143. The summed E-state index contributed by atoms with van der Waals surface area (Å²) < 4.78 is 0. The quantitative estimate of drug-likeness (QED) is 0.212. The molecule has 0 spiro atoms. The molecule has 0 radical (unpaired) electrons. The van der Waals surface area contributed by atoms with Gasteiger partial charge in [0.25, 0.3) is 0 Å². The molecule has 0 fully saturated rings. The molecule has 0 rings (SSSR count). The first-order valence-corrected chi connectivity index (χ1v) is 9.99. The molecular weight excluding hydrogens is 394 g/mol. The first-order valence-electron chi connectivity index (χ1n) is 9.99. The monoisotopic (exact) mass is 429 g/mol. The summed E-state index contributed by atoms with van der Waals surface area (Å²) in [5, 5.41) is 16.8. The number of aliphatic carboxylic acids is 1. The van der Waals surface area contributed by atoms with Crippen molar-refractivity contribution in [1.82, 2.24) is 16.0 Å². The fraction of sp³-hybridized carbons (Fsp3) is 0.737. The van der Waals surface area contributed by atoms with Crippen LogP contribution in [0, 0.1) is 11.8 Å². The van der Waals surface area contributed by atoms with Gasteiger partial charge >= 0.3 is 5.97 Å². The smallest absolute Gasteiger partial charge is 0.326 e. The van der Waals surface area contributed by atoms with Crippen LogP contribution in [0.5, 0.6) is 0 Å². The van der Waals surface area contributed by atoms with E-state index in [2.05, 4.69) is 16.0 Å². The van der Waals surface area contributed by atoms with Crippen LogP contribution in [0.2, 0.25) is 0 Å². The molecule has 5 unspecified atom stereocenters. The standard InChI is InChI=1S/C19H35N5O6/c1-6-10(4)15(18(28)22-12(19(29)30)7-8-13(21)25)24-17(27)14(9(2)3)23-16(26)11(5)20/h9-12,14-15H,6-8,20H2,1-5H3,(H2,21,25)(H,22,28)(H,23,26)(H,24,27)(H,29,30). The van der Waals surface area contributed by atoms with Gasteiger partial charge in [0, 0.05) is 6.42 Å². The molecule has 4 amide bonds. The van der Waals surface area contributed by atoms with E-state index < -0.39 is 53.8 Å². The molecule has 0 aliphatic heterocycles. The fourth-order valence-electron chi connectivity index (χ4n) is 2.57. The van der Waals surface area contributed by atoms with Crippen molar-refractivity contribution in [2.75, 3.05) is 0 Å². The second-order valence-electron chi connectivity index (χ2n) is 7.80. The highest BCUT2D eigenvalue weighted by Crippen LogP contribution is 2.11. The molecule has 0 aromatic rings. The number of carbonyl (C=O) groups excluding carboxylic acids is 4. The summed E-state index contributed by atoms with van der Waals surface area (Å²) in [6.45, 7) is 8.49. The molecule has 0 saturated carbocycles. The van der Waals surface area contributed by atoms with E-state index >= 15 is 0 Å². The van der Waals surface area contributed by atoms with Crippen LogP contribution >= 0.6 is 0 Å². The predicted molar refractivity (Wildman–Crippen MR) is 110 cm³/mol. The number of hydrogen-bond donors (Lipinski definition) is 6. The maximum Gasteiger partial charge on any atom is 0.326 e. The first kappa shape index (κ1) is 27.3. The highest BCUT2D eigenvalue weighted by molar-refractivity contribution is 5.94. The van der Waals surface area contributed by atoms with Crippen molar-refractivity contribution in [3.63, 3.8) is 0 Å². The molecule has 0 aliphatic carbocycles. The van der Waals surface area contributed by atoms with Crippen LogP contribution in [0.4, 0.5) is 0 Å². The third kappa shape index (κ3) is 9.21.